The molecule has 2 heterocycles. The third-order valence-corrected chi connectivity index (χ3v) is 15.8. The number of hydrogen-bond acceptors (Lipinski definition) is 2. The molecule has 69 heavy (non-hydrogen) atoms. The van der Waals surface area contributed by atoms with E-state index in [1.54, 1.807) is 0 Å². The Hall–Kier alpha value is -5.80. The number of hydrogen-bond donors (Lipinski definition) is 0. The summed E-state index contributed by atoms with van der Waals surface area (Å²) >= 11 is 0. The first-order valence-electron chi connectivity index (χ1n) is 26.2. The Morgan fingerprint density at radius 1 is 0.435 bits per heavy atom. The van der Waals surface area contributed by atoms with Crippen molar-refractivity contribution in [2.24, 2.45) is 0 Å². The van der Waals surface area contributed by atoms with E-state index in [4.69, 9.17) is 1.37 Å². The van der Waals surface area contributed by atoms with E-state index >= 15 is 0 Å². The Bertz CT molecular complexity index is 3210. The van der Waals surface area contributed by atoms with Crippen LogP contribution in [0.2, 0.25) is 0 Å². The average molecular weight is 908 g/mol. The van der Waals surface area contributed by atoms with Gasteiger partial charge in [-0.05, 0) is 172 Å². The molecule has 10 rings (SSSR count). The first-order valence-corrected chi connectivity index (χ1v) is 25.5. The second kappa shape index (κ2) is 15.6. The van der Waals surface area contributed by atoms with Gasteiger partial charge < -0.3 is 9.80 Å². The van der Waals surface area contributed by atoms with Crippen molar-refractivity contribution in [1.29, 1.82) is 0 Å². The maximum atomic E-state index is 9.15. The van der Waals surface area contributed by atoms with Crippen LogP contribution >= 0.6 is 0 Å². The van der Waals surface area contributed by atoms with Crippen molar-refractivity contribution in [3.05, 3.63) is 172 Å². The van der Waals surface area contributed by atoms with Gasteiger partial charge in [-0.3, -0.25) is 0 Å². The lowest BCUT2D eigenvalue weighted by molar-refractivity contribution is 0.403. The van der Waals surface area contributed by atoms with E-state index in [1.807, 2.05) is 0 Å². The summed E-state index contributed by atoms with van der Waals surface area (Å²) in [5.41, 5.74) is 25.0. The van der Waals surface area contributed by atoms with Crippen LogP contribution in [0.4, 0.5) is 34.1 Å². The Labute approximate surface area is 417 Å². The highest BCUT2D eigenvalue weighted by atomic mass is 15.2. The zero-order valence-corrected chi connectivity index (χ0v) is 44.6. The van der Waals surface area contributed by atoms with Gasteiger partial charge in [0, 0.05) is 35.4 Å². The lowest BCUT2D eigenvalue weighted by atomic mass is 9.33. The highest BCUT2D eigenvalue weighted by Gasteiger charge is 2.48. The average Bonchev–Trinajstić information content (AvgIpc) is 3.48. The molecule has 0 saturated carbocycles. The Balaban J connectivity index is 1.31. The van der Waals surface area contributed by atoms with Gasteiger partial charge in [0.05, 0.1) is 5.69 Å². The molecular formula is C66H75BN2. The van der Waals surface area contributed by atoms with Gasteiger partial charge in [-0.25, -0.2) is 0 Å². The summed E-state index contributed by atoms with van der Waals surface area (Å²) in [6.45, 7) is 37.7. The highest BCUT2D eigenvalue weighted by Crippen LogP contribution is 2.54. The molecule has 0 saturated heterocycles. The molecule has 352 valence electrons. The summed E-state index contributed by atoms with van der Waals surface area (Å²) in [6, 6.07) is 52.1. The molecule has 3 heteroatoms. The van der Waals surface area contributed by atoms with E-state index in [1.165, 1.54) is 89.1 Å². The van der Waals surface area contributed by atoms with Crippen LogP contribution in [0, 0.1) is 6.90 Å². The van der Waals surface area contributed by atoms with Crippen molar-refractivity contribution in [2.75, 3.05) is 9.80 Å². The zero-order chi connectivity index (χ0) is 50.2. The first kappa shape index (κ1) is 45.6. The monoisotopic (exact) mass is 908 g/mol. The summed E-state index contributed by atoms with van der Waals surface area (Å²) in [5.74, 6) is 0. The molecule has 0 unspecified atom stereocenters. The molecule has 2 nitrogen and oxygen atoms in total. The van der Waals surface area contributed by atoms with Crippen LogP contribution in [-0.2, 0) is 32.5 Å². The fraction of sp³-hybridized carbons (Fsp3) is 0.364. The van der Waals surface area contributed by atoms with Crippen molar-refractivity contribution in [1.82, 2.24) is 0 Å². The maximum absolute atomic E-state index is 9.15. The molecule has 0 fully saturated rings. The van der Waals surface area contributed by atoms with Gasteiger partial charge in [0.1, 0.15) is 0 Å². The zero-order valence-electron chi connectivity index (χ0n) is 45.6. The van der Waals surface area contributed by atoms with Crippen LogP contribution in [-0.4, -0.2) is 6.71 Å². The lowest BCUT2D eigenvalue weighted by Gasteiger charge is -2.45. The van der Waals surface area contributed by atoms with Crippen molar-refractivity contribution in [2.45, 2.75) is 157 Å². The van der Waals surface area contributed by atoms with Gasteiger partial charge in [-0.1, -0.05) is 190 Å². The summed E-state index contributed by atoms with van der Waals surface area (Å²) in [5, 5.41) is 0. The molecule has 0 amide bonds. The van der Waals surface area contributed by atoms with Crippen LogP contribution in [0.1, 0.15) is 158 Å². The molecule has 0 bridgehead atoms. The molecular weight excluding hydrogens is 832 g/mol. The minimum atomic E-state index is -0.0724. The van der Waals surface area contributed by atoms with Gasteiger partial charge >= 0.3 is 0 Å². The molecule has 0 N–H and O–H groups in total. The second-order valence-corrected chi connectivity index (χ2v) is 26.3. The normalized spacial score (nSPS) is 16.2. The Kier molecular flexibility index (Phi) is 10.3. The van der Waals surface area contributed by atoms with Crippen molar-refractivity contribution in [3.8, 4) is 22.3 Å². The molecule has 0 aromatic heterocycles. The van der Waals surface area contributed by atoms with Gasteiger partial charge in [0.25, 0.3) is 6.71 Å². The number of anilines is 6. The van der Waals surface area contributed by atoms with E-state index in [0.29, 0.717) is 0 Å². The molecule has 0 radical (unpaired) electrons. The predicted octanol–water partition coefficient (Wildman–Crippen LogP) is 16.6. The number of rotatable bonds is 4. The number of aryl methyl sites for hydroxylation is 1. The Morgan fingerprint density at radius 2 is 0.971 bits per heavy atom. The summed E-state index contributed by atoms with van der Waals surface area (Å²) in [6.07, 6.45) is 1.09. The minimum absolute atomic E-state index is 0.00887. The van der Waals surface area contributed by atoms with Crippen LogP contribution in [0.25, 0.3) is 22.3 Å². The van der Waals surface area contributed by atoms with E-state index in [-0.39, 0.29) is 46.1 Å². The second-order valence-electron chi connectivity index (χ2n) is 26.3. The summed E-state index contributed by atoms with van der Waals surface area (Å²) < 4.78 is 9.15. The molecule has 3 aliphatic rings. The van der Waals surface area contributed by atoms with Crippen molar-refractivity contribution in [3.63, 3.8) is 0 Å². The van der Waals surface area contributed by atoms with Crippen molar-refractivity contribution >= 4 is 57.2 Å². The molecule has 7 aromatic rings. The number of benzene rings is 7. The first-order chi connectivity index (χ1) is 32.7. The number of fused-ring (bicyclic) bond motifs is 5. The molecule has 1 aliphatic carbocycles. The topological polar surface area (TPSA) is 6.48 Å². The van der Waals surface area contributed by atoms with Gasteiger partial charge in [0.15, 0.2) is 0 Å². The Morgan fingerprint density at radius 3 is 1.61 bits per heavy atom. The maximum Gasteiger partial charge on any atom is 0.252 e. The van der Waals surface area contributed by atoms with Gasteiger partial charge in [-0.15, -0.1) is 0 Å². The van der Waals surface area contributed by atoms with Crippen LogP contribution in [0.3, 0.4) is 0 Å². The molecule has 2 aliphatic heterocycles. The van der Waals surface area contributed by atoms with Crippen molar-refractivity contribution < 1.29 is 1.37 Å². The fourth-order valence-corrected chi connectivity index (χ4v) is 12.1. The third kappa shape index (κ3) is 7.97. The summed E-state index contributed by atoms with van der Waals surface area (Å²) in [4.78, 5) is 5.17. The summed E-state index contributed by atoms with van der Waals surface area (Å²) in [7, 11) is 0. The van der Waals surface area contributed by atoms with Gasteiger partial charge in [0.2, 0.25) is 0 Å². The fourth-order valence-electron chi connectivity index (χ4n) is 12.1. The van der Waals surface area contributed by atoms with Gasteiger partial charge in [-0.2, -0.15) is 0 Å². The van der Waals surface area contributed by atoms with Crippen LogP contribution in [0.5, 0.6) is 0 Å². The predicted molar refractivity (Wildman–Crippen MR) is 302 cm³/mol. The molecule has 7 aromatic carbocycles. The third-order valence-electron chi connectivity index (χ3n) is 15.8. The number of nitrogens with zero attached hydrogens (tertiary/aromatic N) is 2. The smallest absolute Gasteiger partial charge is 0.252 e. The standard InChI is InChI=1S/C66H75BN2/c1-41-32-58-60-59(33-41)69(55-31-29-47(63(8,9)10)36-50(55)44-21-18-20-43(34-44)42-24-26-45(27-25-42)61(2,3)4)57-39-52-51(65(14,15)40-66(52,16)17)38-54(57)67(60)53-30-28-48(64(11,12)13)37-56(53)68(58)49-23-19-22-46(35-49)62(5,6)7/h18-39H,40H2,1-17H3/i1D. The van der Waals surface area contributed by atoms with E-state index < -0.39 is 0 Å². The van der Waals surface area contributed by atoms with E-state index in [0.717, 1.165) is 29.0 Å². The van der Waals surface area contributed by atoms with Crippen LogP contribution in [0.15, 0.2) is 133 Å². The largest absolute Gasteiger partial charge is 0.311 e. The van der Waals surface area contributed by atoms with E-state index in [2.05, 4.69) is 254 Å². The lowest BCUT2D eigenvalue weighted by Crippen LogP contribution is -2.61. The quantitative estimate of drug-likeness (QED) is 0.162. The molecule has 0 atom stereocenters. The van der Waals surface area contributed by atoms with E-state index in [9.17, 15) is 0 Å². The highest BCUT2D eigenvalue weighted by molar-refractivity contribution is 7.00. The van der Waals surface area contributed by atoms with Crippen LogP contribution < -0.4 is 26.2 Å². The SMILES string of the molecule is [2H]Cc1cc2c3c(c1)N(c1ccc(C(C)(C)C)cc1-c1cccc(-c4ccc(C(C)(C)C)cc4)c1)c1cc4c(cc1B3c1ccc(C(C)(C)C)cc1N2c1cccc(C(C)(C)C)c1)C(C)(C)CC4(C)C. The minimum Gasteiger partial charge on any atom is -0.311 e. The molecule has 0 spiro atoms.